The first-order valence-electron chi connectivity index (χ1n) is 12.9. The standard InChI is InChI=1S/C29H43NO5/c1-21(19-31)30-27(33)17-23-14-10-5-6-11-15-24(16-22-12-8-7-9-13-22)28(34)35-20-25(18-26(23)32)29(2,3)4/h5,7-10,12-13,21,23-25,31H,6,11,14-20H2,1-4H3,(H,30,33)/b10-5-/t21-,23-,24-,25-/m1/s1. The second-order valence-electron chi connectivity index (χ2n) is 10.9. The van der Waals surface area contributed by atoms with Crippen LogP contribution in [0.3, 0.4) is 0 Å². The molecule has 0 aliphatic carbocycles. The Kier molecular flexibility index (Phi) is 11.7. The molecule has 2 rings (SSSR count). The molecule has 6 heteroatoms. The summed E-state index contributed by atoms with van der Waals surface area (Å²) in [4.78, 5) is 38.8. The van der Waals surface area contributed by atoms with E-state index in [-0.39, 0.29) is 67.0 Å². The molecule has 0 aromatic heterocycles. The van der Waals surface area contributed by atoms with Crippen molar-refractivity contribution in [2.75, 3.05) is 13.2 Å². The van der Waals surface area contributed by atoms with Crippen LogP contribution in [0.4, 0.5) is 0 Å². The van der Waals surface area contributed by atoms with Gasteiger partial charge >= 0.3 is 5.97 Å². The molecule has 0 bridgehead atoms. The fourth-order valence-electron chi connectivity index (χ4n) is 4.32. The third-order valence-electron chi connectivity index (χ3n) is 6.84. The molecule has 0 radical (unpaired) electrons. The van der Waals surface area contributed by atoms with Crippen molar-refractivity contribution in [2.24, 2.45) is 23.2 Å². The van der Waals surface area contributed by atoms with Gasteiger partial charge < -0.3 is 15.2 Å². The lowest BCUT2D eigenvalue weighted by Gasteiger charge is -2.31. The molecular formula is C29H43NO5. The Morgan fingerprint density at radius 3 is 2.51 bits per heavy atom. The van der Waals surface area contributed by atoms with Gasteiger partial charge in [0, 0.05) is 30.7 Å². The van der Waals surface area contributed by atoms with Gasteiger partial charge in [0.15, 0.2) is 0 Å². The van der Waals surface area contributed by atoms with E-state index in [0.717, 1.165) is 24.8 Å². The predicted molar refractivity (Wildman–Crippen MR) is 138 cm³/mol. The predicted octanol–water partition coefficient (Wildman–Crippen LogP) is 4.64. The van der Waals surface area contributed by atoms with E-state index in [2.05, 4.69) is 5.32 Å². The molecule has 1 aromatic rings. The lowest BCUT2D eigenvalue weighted by atomic mass is 9.76. The van der Waals surface area contributed by atoms with E-state index in [0.29, 0.717) is 12.8 Å². The number of ketones is 1. The maximum absolute atomic E-state index is 13.3. The second-order valence-corrected chi connectivity index (χ2v) is 10.9. The SMILES string of the molecule is C[C@H](CO)NC(=O)C[C@H]1C/C=C\CCC[C@H](Cc2ccccc2)C(=O)OC[C@H](C(C)(C)C)CC1=O. The summed E-state index contributed by atoms with van der Waals surface area (Å²) in [6, 6.07) is 9.65. The van der Waals surface area contributed by atoms with Crippen LogP contribution in [-0.4, -0.2) is 42.0 Å². The lowest BCUT2D eigenvalue weighted by molar-refractivity contribution is -0.152. The third-order valence-corrected chi connectivity index (χ3v) is 6.84. The number of hydrogen-bond donors (Lipinski definition) is 2. The number of hydrogen-bond acceptors (Lipinski definition) is 5. The largest absolute Gasteiger partial charge is 0.465 e. The van der Waals surface area contributed by atoms with Crippen molar-refractivity contribution < 1.29 is 24.2 Å². The number of Topliss-reactive ketones (excluding diaryl/α,β-unsaturated/α-hetero) is 1. The maximum atomic E-state index is 13.3. The highest BCUT2D eigenvalue weighted by molar-refractivity contribution is 5.87. The summed E-state index contributed by atoms with van der Waals surface area (Å²) in [5.74, 6) is -1.23. The number of nitrogens with one attached hydrogen (secondary N) is 1. The minimum atomic E-state index is -0.438. The summed E-state index contributed by atoms with van der Waals surface area (Å²) in [5, 5.41) is 12.0. The Bertz CT molecular complexity index is 842. The summed E-state index contributed by atoms with van der Waals surface area (Å²) >= 11 is 0. The number of benzene rings is 1. The van der Waals surface area contributed by atoms with Gasteiger partial charge in [-0.3, -0.25) is 14.4 Å². The molecule has 2 N–H and O–H groups in total. The Balaban J connectivity index is 2.18. The number of carbonyl (C=O) groups excluding carboxylic acids is 3. The molecule has 1 amide bonds. The summed E-state index contributed by atoms with van der Waals surface area (Å²) in [6.45, 7) is 7.92. The topological polar surface area (TPSA) is 92.7 Å². The van der Waals surface area contributed by atoms with Crippen molar-refractivity contribution in [1.29, 1.82) is 0 Å². The first-order chi connectivity index (χ1) is 16.6. The van der Waals surface area contributed by atoms with E-state index < -0.39 is 5.92 Å². The molecule has 0 fully saturated rings. The number of cyclic esters (lactones) is 1. The monoisotopic (exact) mass is 485 g/mol. The molecule has 1 aliphatic rings. The van der Waals surface area contributed by atoms with Gasteiger partial charge in [0.25, 0.3) is 0 Å². The zero-order chi connectivity index (χ0) is 25.8. The molecule has 6 nitrogen and oxygen atoms in total. The van der Waals surface area contributed by atoms with Crippen LogP contribution in [0.15, 0.2) is 42.5 Å². The molecule has 1 aliphatic heterocycles. The van der Waals surface area contributed by atoms with E-state index in [9.17, 15) is 19.5 Å². The zero-order valence-corrected chi connectivity index (χ0v) is 21.8. The molecule has 4 atom stereocenters. The summed E-state index contributed by atoms with van der Waals surface area (Å²) in [7, 11) is 0. The molecule has 0 saturated heterocycles. The molecule has 1 heterocycles. The van der Waals surface area contributed by atoms with Gasteiger partial charge in [-0.1, -0.05) is 63.3 Å². The number of aliphatic hydroxyl groups excluding tert-OH is 1. The Hall–Kier alpha value is -2.47. The Morgan fingerprint density at radius 1 is 1.14 bits per heavy atom. The van der Waals surface area contributed by atoms with E-state index in [1.54, 1.807) is 6.92 Å². The van der Waals surface area contributed by atoms with Crippen LogP contribution in [-0.2, 0) is 25.5 Å². The van der Waals surface area contributed by atoms with Crippen LogP contribution in [0.1, 0.15) is 71.8 Å². The molecular weight excluding hydrogens is 442 g/mol. The lowest BCUT2D eigenvalue weighted by Crippen LogP contribution is -2.37. The second kappa shape index (κ2) is 14.2. The minimum Gasteiger partial charge on any atom is -0.465 e. The molecule has 0 saturated carbocycles. The number of aliphatic hydroxyl groups is 1. The third kappa shape index (κ3) is 10.4. The van der Waals surface area contributed by atoms with Crippen LogP contribution in [0.25, 0.3) is 0 Å². The average Bonchev–Trinajstić information content (AvgIpc) is 2.81. The van der Waals surface area contributed by atoms with Crippen LogP contribution in [0.5, 0.6) is 0 Å². The van der Waals surface area contributed by atoms with Gasteiger partial charge in [0.2, 0.25) is 5.91 Å². The van der Waals surface area contributed by atoms with Crippen molar-refractivity contribution in [3.8, 4) is 0 Å². The van der Waals surface area contributed by atoms with Crippen LogP contribution in [0, 0.1) is 23.2 Å². The van der Waals surface area contributed by atoms with Crippen LogP contribution in [0.2, 0.25) is 0 Å². The van der Waals surface area contributed by atoms with Gasteiger partial charge in [-0.15, -0.1) is 0 Å². The van der Waals surface area contributed by atoms with E-state index >= 15 is 0 Å². The first kappa shape index (κ1) is 28.8. The smallest absolute Gasteiger partial charge is 0.309 e. The summed E-state index contributed by atoms with van der Waals surface area (Å²) in [5.41, 5.74) is 0.876. The van der Waals surface area contributed by atoms with Gasteiger partial charge in [-0.2, -0.15) is 0 Å². The normalized spacial score (nSPS) is 24.7. The molecule has 194 valence electrons. The van der Waals surface area contributed by atoms with Gasteiger partial charge in [-0.05, 0) is 50.0 Å². The van der Waals surface area contributed by atoms with Crippen molar-refractivity contribution >= 4 is 17.7 Å². The number of ether oxygens (including phenoxy) is 1. The van der Waals surface area contributed by atoms with Crippen molar-refractivity contribution in [2.45, 2.75) is 78.7 Å². The number of rotatable bonds is 6. The van der Waals surface area contributed by atoms with Gasteiger partial charge in [-0.25, -0.2) is 0 Å². The fraction of sp³-hybridized carbons (Fsp3) is 0.621. The van der Waals surface area contributed by atoms with Crippen molar-refractivity contribution in [3.05, 3.63) is 48.0 Å². The zero-order valence-electron chi connectivity index (χ0n) is 21.8. The van der Waals surface area contributed by atoms with Crippen LogP contribution >= 0.6 is 0 Å². The number of allylic oxidation sites excluding steroid dienone is 2. The van der Waals surface area contributed by atoms with Crippen molar-refractivity contribution in [3.63, 3.8) is 0 Å². The quantitative estimate of drug-likeness (QED) is 0.452. The molecule has 0 unspecified atom stereocenters. The molecule has 1 aromatic carbocycles. The Morgan fingerprint density at radius 2 is 1.86 bits per heavy atom. The van der Waals surface area contributed by atoms with E-state index in [4.69, 9.17) is 4.74 Å². The van der Waals surface area contributed by atoms with E-state index in [1.807, 2.05) is 63.3 Å². The highest BCUT2D eigenvalue weighted by atomic mass is 16.5. The van der Waals surface area contributed by atoms with E-state index in [1.165, 1.54) is 0 Å². The number of esters is 1. The van der Waals surface area contributed by atoms with Gasteiger partial charge in [0.1, 0.15) is 5.78 Å². The van der Waals surface area contributed by atoms with Crippen LogP contribution < -0.4 is 5.32 Å². The minimum absolute atomic E-state index is 0.00956. The molecule has 0 spiro atoms. The maximum Gasteiger partial charge on any atom is 0.309 e. The molecule has 35 heavy (non-hydrogen) atoms. The summed E-state index contributed by atoms with van der Waals surface area (Å²) < 4.78 is 5.83. The van der Waals surface area contributed by atoms with Crippen molar-refractivity contribution in [1.82, 2.24) is 5.32 Å². The first-order valence-corrected chi connectivity index (χ1v) is 12.9. The average molecular weight is 486 g/mol. The van der Waals surface area contributed by atoms with Gasteiger partial charge in [0.05, 0.1) is 19.1 Å². The Labute approximate surface area is 210 Å². The fourth-order valence-corrected chi connectivity index (χ4v) is 4.32. The highest BCUT2D eigenvalue weighted by Crippen LogP contribution is 2.32. The number of carbonyl (C=O) groups is 3. The summed E-state index contributed by atoms with van der Waals surface area (Å²) in [6.07, 6.45) is 7.92. The highest BCUT2D eigenvalue weighted by Gasteiger charge is 2.32. The number of amides is 1.